The van der Waals surface area contributed by atoms with Crippen LogP contribution < -0.4 is 15.0 Å². The molecule has 2 aromatic carbocycles. The summed E-state index contributed by atoms with van der Waals surface area (Å²) in [6, 6.07) is 18.2. The Morgan fingerprint density at radius 1 is 1.14 bits per heavy atom. The van der Waals surface area contributed by atoms with Crippen molar-refractivity contribution in [3.63, 3.8) is 0 Å². The summed E-state index contributed by atoms with van der Waals surface area (Å²) >= 11 is 0. The molecule has 1 aliphatic rings. The second kappa shape index (κ2) is 7.74. The molecule has 2 heterocycles. The van der Waals surface area contributed by atoms with Crippen molar-refractivity contribution in [2.24, 2.45) is 0 Å². The number of aromatic nitrogens is 2. The average Bonchev–Trinajstić information content (AvgIpc) is 3.14. The maximum atomic E-state index is 12.4. The highest BCUT2D eigenvalue weighted by atomic mass is 16.6. The van der Waals surface area contributed by atoms with E-state index in [1.165, 1.54) is 5.56 Å². The van der Waals surface area contributed by atoms with Crippen molar-refractivity contribution in [2.75, 3.05) is 6.61 Å². The zero-order valence-corrected chi connectivity index (χ0v) is 17.1. The van der Waals surface area contributed by atoms with E-state index in [0.29, 0.717) is 24.7 Å². The summed E-state index contributed by atoms with van der Waals surface area (Å²) in [7, 11) is 0. The van der Waals surface area contributed by atoms with Crippen LogP contribution in [0.15, 0.2) is 65.6 Å². The van der Waals surface area contributed by atoms with E-state index in [1.807, 2.05) is 53.2 Å². The van der Waals surface area contributed by atoms with Gasteiger partial charge >= 0.3 is 0 Å². The maximum absolute atomic E-state index is 12.4. The van der Waals surface area contributed by atoms with Gasteiger partial charge in [0.05, 0.1) is 12.1 Å². The number of hydrogen-bond donors (Lipinski definition) is 0. The molecule has 5 heteroatoms. The standard InChI is InChI=1S/C24H26N2O3/c1-4-24(2,3)18-10-12-19(13-11-18)28-16-20-14-26-15-21(17-8-6-5-7-9-17)22(27)25-23(26)29-20/h5-13,15,20H,4,14,16H2,1-3H3/t20-/m0/s1. The Labute approximate surface area is 170 Å². The minimum atomic E-state index is -0.279. The number of benzene rings is 2. The lowest BCUT2D eigenvalue weighted by Crippen LogP contribution is -2.23. The van der Waals surface area contributed by atoms with Crippen LogP contribution in [0.3, 0.4) is 0 Å². The molecule has 0 spiro atoms. The zero-order chi connectivity index (χ0) is 20.4. The molecule has 0 aliphatic carbocycles. The zero-order valence-electron chi connectivity index (χ0n) is 17.1. The molecule has 0 fully saturated rings. The lowest BCUT2D eigenvalue weighted by Gasteiger charge is -2.23. The van der Waals surface area contributed by atoms with Gasteiger partial charge in [-0.15, -0.1) is 0 Å². The lowest BCUT2D eigenvalue weighted by atomic mass is 9.82. The molecule has 5 nitrogen and oxygen atoms in total. The predicted octanol–water partition coefficient (Wildman–Crippen LogP) is 4.44. The summed E-state index contributed by atoms with van der Waals surface area (Å²) in [6.07, 6.45) is 2.72. The molecular weight excluding hydrogens is 364 g/mol. The minimum Gasteiger partial charge on any atom is -0.490 e. The highest BCUT2D eigenvalue weighted by Crippen LogP contribution is 2.28. The molecule has 1 aromatic heterocycles. The Morgan fingerprint density at radius 2 is 1.86 bits per heavy atom. The van der Waals surface area contributed by atoms with E-state index in [2.05, 4.69) is 37.9 Å². The molecule has 0 amide bonds. The Morgan fingerprint density at radius 3 is 2.55 bits per heavy atom. The second-order valence-electron chi connectivity index (χ2n) is 8.07. The first-order chi connectivity index (χ1) is 14.0. The number of ether oxygens (including phenoxy) is 2. The van der Waals surface area contributed by atoms with Crippen LogP contribution in [0.4, 0.5) is 0 Å². The van der Waals surface area contributed by atoms with Gasteiger partial charge in [0.25, 0.3) is 11.6 Å². The molecule has 1 aliphatic heterocycles. The van der Waals surface area contributed by atoms with Gasteiger partial charge in [-0.2, -0.15) is 4.98 Å². The van der Waals surface area contributed by atoms with E-state index in [-0.39, 0.29) is 17.1 Å². The first-order valence-electron chi connectivity index (χ1n) is 10.0. The third-order valence-corrected chi connectivity index (χ3v) is 5.67. The molecule has 0 unspecified atom stereocenters. The van der Waals surface area contributed by atoms with Crippen LogP contribution >= 0.6 is 0 Å². The molecular formula is C24H26N2O3. The molecule has 0 saturated carbocycles. The highest BCUT2D eigenvalue weighted by molar-refractivity contribution is 5.61. The first kappa shape index (κ1) is 19.2. The second-order valence-corrected chi connectivity index (χ2v) is 8.07. The third kappa shape index (κ3) is 4.04. The molecule has 0 saturated heterocycles. The Bertz CT molecular complexity index is 1040. The van der Waals surface area contributed by atoms with Crippen LogP contribution in [0.2, 0.25) is 0 Å². The monoisotopic (exact) mass is 390 g/mol. The molecule has 150 valence electrons. The number of nitrogens with zero attached hydrogens (tertiary/aromatic N) is 2. The van der Waals surface area contributed by atoms with Crippen LogP contribution in [-0.2, 0) is 12.0 Å². The molecule has 0 N–H and O–H groups in total. The van der Waals surface area contributed by atoms with Crippen molar-refractivity contribution in [1.29, 1.82) is 0 Å². The van der Waals surface area contributed by atoms with E-state index in [1.54, 1.807) is 0 Å². The Hall–Kier alpha value is -3.08. The van der Waals surface area contributed by atoms with Crippen molar-refractivity contribution in [3.05, 3.63) is 76.7 Å². The van der Waals surface area contributed by atoms with Crippen LogP contribution in [0.5, 0.6) is 11.8 Å². The average molecular weight is 390 g/mol. The van der Waals surface area contributed by atoms with Gasteiger partial charge in [0, 0.05) is 6.20 Å². The summed E-state index contributed by atoms with van der Waals surface area (Å²) < 4.78 is 13.6. The smallest absolute Gasteiger partial charge is 0.300 e. The van der Waals surface area contributed by atoms with E-state index >= 15 is 0 Å². The highest BCUT2D eigenvalue weighted by Gasteiger charge is 2.25. The Balaban J connectivity index is 1.42. The minimum absolute atomic E-state index is 0.156. The van der Waals surface area contributed by atoms with E-state index < -0.39 is 0 Å². The van der Waals surface area contributed by atoms with Crippen LogP contribution in [0, 0.1) is 0 Å². The fraction of sp³-hybridized carbons (Fsp3) is 0.333. The maximum Gasteiger partial charge on any atom is 0.300 e. The van der Waals surface area contributed by atoms with Crippen LogP contribution in [0.1, 0.15) is 32.8 Å². The Kier molecular flexibility index (Phi) is 5.14. The third-order valence-electron chi connectivity index (χ3n) is 5.67. The summed E-state index contributed by atoms with van der Waals surface area (Å²) in [5, 5.41) is 0. The van der Waals surface area contributed by atoms with E-state index in [9.17, 15) is 4.79 Å². The number of fused-ring (bicyclic) bond motifs is 1. The molecule has 3 aromatic rings. The fourth-order valence-electron chi connectivity index (χ4n) is 3.41. The lowest BCUT2D eigenvalue weighted by molar-refractivity contribution is 0.143. The molecule has 1 atom stereocenters. The first-order valence-corrected chi connectivity index (χ1v) is 10.0. The van der Waals surface area contributed by atoms with E-state index in [4.69, 9.17) is 9.47 Å². The summed E-state index contributed by atoms with van der Waals surface area (Å²) in [5.41, 5.74) is 2.61. The molecule has 29 heavy (non-hydrogen) atoms. The quantitative estimate of drug-likeness (QED) is 0.624. The number of rotatable bonds is 6. The molecule has 0 bridgehead atoms. The summed E-state index contributed by atoms with van der Waals surface area (Å²) in [6.45, 7) is 7.68. The van der Waals surface area contributed by atoms with Gasteiger partial charge in [0.1, 0.15) is 12.4 Å². The van der Waals surface area contributed by atoms with Gasteiger partial charge < -0.3 is 9.47 Å². The van der Waals surface area contributed by atoms with Gasteiger partial charge in [0.2, 0.25) is 0 Å². The SMILES string of the molecule is CCC(C)(C)c1ccc(OC[C@@H]2Cn3cc(-c4ccccc4)c(=O)nc3O2)cc1. The summed E-state index contributed by atoms with van der Waals surface area (Å²) in [5.74, 6) is 0.813. The van der Waals surface area contributed by atoms with Gasteiger partial charge in [-0.05, 0) is 35.1 Å². The normalized spacial score (nSPS) is 15.6. The summed E-state index contributed by atoms with van der Waals surface area (Å²) in [4.78, 5) is 16.5. The van der Waals surface area contributed by atoms with Crippen molar-refractivity contribution in [1.82, 2.24) is 9.55 Å². The van der Waals surface area contributed by atoms with Crippen molar-refractivity contribution < 1.29 is 9.47 Å². The van der Waals surface area contributed by atoms with Crippen LogP contribution in [0.25, 0.3) is 11.1 Å². The largest absolute Gasteiger partial charge is 0.490 e. The van der Waals surface area contributed by atoms with Crippen molar-refractivity contribution in [3.8, 4) is 22.9 Å². The van der Waals surface area contributed by atoms with Gasteiger partial charge in [-0.1, -0.05) is 63.2 Å². The van der Waals surface area contributed by atoms with Gasteiger partial charge in [-0.25, -0.2) is 0 Å². The van der Waals surface area contributed by atoms with Gasteiger partial charge in [-0.3, -0.25) is 9.36 Å². The van der Waals surface area contributed by atoms with Crippen molar-refractivity contribution >= 4 is 0 Å². The molecule has 4 rings (SSSR count). The topological polar surface area (TPSA) is 53.4 Å². The number of hydrogen-bond acceptors (Lipinski definition) is 4. The van der Waals surface area contributed by atoms with E-state index in [0.717, 1.165) is 17.7 Å². The van der Waals surface area contributed by atoms with Gasteiger partial charge in [0.15, 0.2) is 6.10 Å². The predicted molar refractivity (Wildman–Crippen MR) is 114 cm³/mol. The van der Waals surface area contributed by atoms with Crippen LogP contribution in [-0.4, -0.2) is 22.3 Å². The van der Waals surface area contributed by atoms with Crippen molar-refractivity contribution in [2.45, 2.75) is 45.3 Å². The fourth-order valence-corrected chi connectivity index (χ4v) is 3.41. The molecule has 0 radical (unpaired) electrons.